The predicted molar refractivity (Wildman–Crippen MR) is 116 cm³/mol. The van der Waals surface area contributed by atoms with Crippen LogP contribution < -0.4 is 14.4 Å². The lowest BCUT2D eigenvalue weighted by Gasteiger charge is -2.23. The van der Waals surface area contributed by atoms with Crippen molar-refractivity contribution in [2.75, 3.05) is 23.3 Å². The van der Waals surface area contributed by atoms with E-state index in [2.05, 4.69) is 10.4 Å². The minimum atomic E-state index is -4.63. The highest BCUT2D eigenvalue weighted by Gasteiger charge is 2.33. The van der Waals surface area contributed by atoms with Gasteiger partial charge in [0.25, 0.3) is 10.0 Å². The second-order valence-corrected chi connectivity index (χ2v) is 8.67. The Labute approximate surface area is 188 Å². The first-order valence-corrected chi connectivity index (χ1v) is 11.2. The summed E-state index contributed by atoms with van der Waals surface area (Å²) in [6, 6.07) is 13.2. The number of rotatable bonds is 8. The Balaban J connectivity index is 1.86. The summed E-state index contributed by atoms with van der Waals surface area (Å²) < 4.78 is 71.8. The normalized spacial score (nSPS) is 11.8. The van der Waals surface area contributed by atoms with Crippen molar-refractivity contribution in [2.24, 2.45) is 0 Å². The maximum Gasteiger partial charge on any atom is 0.435 e. The number of amides is 1. The summed E-state index contributed by atoms with van der Waals surface area (Å²) in [4.78, 5) is 12.3. The second kappa shape index (κ2) is 9.53. The summed E-state index contributed by atoms with van der Waals surface area (Å²) in [5.41, 5.74) is -0.599. The van der Waals surface area contributed by atoms with Crippen LogP contribution in [0.25, 0.3) is 0 Å². The molecular formula is C21H21F3N4O4S. The van der Waals surface area contributed by atoms with E-state index in [0.29, 0.717) is 5.69 Å². The van der Waals surface area contributed by atoms with Crippen molar-refractivity contribution >= 4 is 27.3 Å². The molecule has 0 saturated carbocycles. The van der Waals surface area contributed by atoms with Gasteiger partial charge in [-0.15, -0.1) is 0 Å². The molecule has 1 amide bonds. The third-order valence-corrected chi connectivity index (χ3v) is 6.50. The lowest BCUT2D eigenvalue weighted by molar-refractivity contribution is -0.141. The molecule has 33 heavy (non-hydrogen) atoms. The van der Waals surface area contributed by atoms with E-state index in [0.717, 1.165) is 16.9 Å². The van der Waals surface area contributed by atoms with Gasteiger partial charge in [0.2, 0.25) is 5.91 Å². The monoisotopic (exact) mass is 482 g/mol. The molecule has 1 heterocycles. The quantitative estimate of drug-likeness (QED) is 0.528. The number of carbonyl (C=O) groups excluding carboxylic acids is 1. The van der Waals surface area contributed by atoms with E-state index in [9.17, 15) is 26.4 Å². The van der Waals surface area contributed by atoms with Crippen LogP contribution in [-0.4, -0.2) is 37.8 Å². The second-order valence-electron chi connectivity index (χ2n) is 6.81. The van der Waals surface area contributed by atoms with Crippen LogP contribution in [0.1, 0.15) is 12.6 Å². The van der Waals surface area contributed by atoms with Gasteiger partial charge in [0.05, 0.1) is 23.4 Å². The number of ether oxygens (including phenoxy) is 1. The Morgan fingerprint density at radius 2 is 1.85 bits per heavy atom. The van der Waals surface area contributed by atoms with Gasteiger partial charge in [0.1, 0.15) is 12.3 Å². The fourth-order valence-corrected chi connectivity index (χ4v) is 4.60. The summed E-state index contributed by atoms with van der Waals surface area (Å²) in [5.74, 6) is -0.531. The molecule has 176 valence electrons. The molecule has 0 bridgehead atoms. The van der Waals surface area contributed by atoms with Gasteiger partial charge in [0.15, 0.2) is 5.69 Å². The maximum absolute atomic E-state index is 13.2. The van der Waals surface area contributed by atoms with Crippen LogP contribution in [-0.2, 0) is 27.5 Å². The molecule has 3 aromatic rings. The third kappa shape index (κ3) is 5.45. The summed E-state index contributed by atoms with van der Waals surface area (Å²) in [6.45, 7) is 1.35. The number of halogens is 3. The Bertz CT molecular complexity index is 1230. The molecule has 0 spiro atoms. The van der Waals surface area contributed by atoms with Gasteiger partial charge in [-0.1, -0.05) is 18.2 Å². The van der Waals surface area contributed by atoms with Crippen molar-refractivity contribution in [1.82, 2.24) is 9.78 Å². The highest BCUT2D eigenvalue weighted by molar-refractivity contribution is 7.92. The fourth-order valence-electron chi connectivity index (χ4n) is 3.10. The first kappa shape index (κ1) is 24.1. The van der Waals surface area contributed by atoms with Crippen molar-refractivity contribution in [2.45, 2.75) is 24.5 Å². The molecular weight excluding hydrogens is 461 g/mol. The van der Waals surface area contributed by atoms with Crippen molar-refractivity contribution < 1.29 is 31.1 Å². The molecule has 0 radical (unpaired) electrons. The topological polar surface area (TPSA) is 93.5 Å². The van der Waals surface area contributed by atoms with E-state index < -0.39 is 34.3 Å². The van der Waals surface area contributed by atoms with Crippen LogP contribution in [0.3, 0.4) is 0 Å². The van der Waals surface area contributed by atoms with Crippen LogP contribution in [0, 0.1) is 0 Å². The van der Waals surface area contributed by atoms with Gasteiger partial charge >= 0.3 is 6.18 Å². The molecule has 0 unspecified atom stereocenters. The number of alkyl halides is 3. The summed E-state index contributed by atoms with van der Waals surface area (Å²) in [6.07, 6.45) is -3.60. The molecule has 0 atom stereocenters. The summed E-state index contributed by atoms with van der Waals surface area (Å²) in [7, 11) is -2.64. The lowest BCUT2D eigenvalue weighted by Crippen LogP contribution is -2.30. The highest BCUT2D eigenvalue weighted by Crippen LogP contribution is 2.31. The number of para-hydroxylation sites is 1. The predicted octanol–water partition coefficient (Wildman–Crippen LogP) is 3.76. The third-order valence-electron chi connectivity index (χ3n) is 4.60. The molecule has 1 N–H and O–H groups in total. The number of benzene rings is 2. The number of hydrogen-bond acceptors (Lipinski definition) is 5. The van der Waals surface area contributed by atoms with Crippen molar-refractivity contribution in [3.05, 3.63) is 66.5 Å². The van der Waals surface area contributed by atoms with Gasteiger partial charge < -0.3 is 10.1 Å². The van der Waals surface area contributed by atoms with E-state index in [1.807, 2.05) is 0 Å². The first-order valence-electron chi connectivity index (χ1n) is 9.72. The molecule has 0 aliphatic heterocycles. The standard InChI is InChI=1S/C21H21F3N4O4S/c1-3-28(15-7-5-4-6-8-15)33(30,31)16-9-10-18(32-2)17(13-16)25-20(29)14-27-12-11-19(26-27)21(22,23)24/h4-13H,3,14H2,1-2H3,(H,25,29). The summed E-state index contributed by atoms with van der Waals surface area (Å²) in [5, 5.41) is 5.81. The van der Waals surface area contributed by atoms with E-state index in [1.54, 1.807) is 37.3 Å². The number of hydrogen-bond donors (Lipinski definition) is 1. The van der Waals surface area contributed by atoms with Crippen molar-refractivity contribution in [3.63, 3.8) is 0 Å². The molecule has 3 rings (SSSR count). The SMILES string of the molecule is CCN(c1ccccc1)S(=O)(=O)c1ccc(OC)c(NC(=O)Cn2ccc(C(F)(F)F)n2)c1. The Morgan fingerprint density at radius 1 is 1.15 bits per heavy atom. The number of aromatic nitrogens is 2. The Morgan fingerprint density at radius 3 is 2.42 bits per heavy atom. The zero-order valence-corrected chi connectivity index (χ0v) is 18.5. The zero-order valence-electron chi connectivity index (χ0n) is 17.7. The molecule has 8 nitrogen and oxygen atoms in total. The molecule has 0 saturated heterocycles. The zero-order chi connectivity index (χ0) is 24.2. The smallest absolute Gasteiger partial charge is 0.435 e. The van der Waals surface area contributed by atoms with E-state index in [4.69, 9.17) is 4.74 Å². The first-order chi connectivity index (χ1) is 15.6. The molecule has 2 aromatic carbocycles. The number of nitrogens with one attached hydrogen (secondary N) is 1. The molecule has 12 heteroatoms. The van der Waals surface area contributed by atoms with Gasteiger partial charge in [-0.25, -0.2) is 8.42 Å². The van der Waals surface area contributed by atoms with Gasteiger partial charge in [-0.05, 0) is 43.3 Å². The fraction of sp³-hybridized carbons (Fsp3) is 0.238. The van der Waals surface area contributed by atoms with Gasteiger partial charge in [0, 0.05) is 12.7 Å². The van der Waals surface area contributed by atoms with Crippen LogP contribution in [0.4, 0.5) is 24.5 Å². The van der Waals surface area contributed by atoms with Gasteiger partial charge in [-0.2, -0.15) is 18.3 Å². The summed E-state index contributed by atoms with van der Waals surface area (Å²) >= 11 is 0. The number of methoxy groups -OCH3 is 1. The van der Waals surface area contributed by atoms with Crippen LogP contribution in [0.15, 0.2) is 65.7 Å². The average Bonchev–Trinajstić information content (AvgIpc) is 3.23. The maximum atomic E-state index is 13.2. The average molecular weight is 482 g/mol. The van der Waals surface area contributed by atoms with Crippen molar-refractivity contribution in [3.8, 4) is 5.75 Å². The molecule has 0 aliphatic rings. The Kier molecular flexibility index (Phi) is 6.96. The lowest BCUT2D eigenvalue weighted by atomic mass is 10.3. The number of anilines is 2. The minimum Gasteiger partial charge on any atom is -0.495 e. The Hall–Kier alpha value is -3.54. The molecule has 0 aliphatic carbocycles. The minimum absolute atomic E-state index is 0.0518. The van der Waals surface area contributed by atoms with E-state index in [-0.39, 0.29) is 22.9 Å². The largest absolute Gasteiger partial charge is 0.495 e. The number of nitrogens with zero attached hydrogens (tertiary/aromatic N) is 3. The molecule has 1 aromatic heterocycles. The van der Waals surface area contributed by atoms with Crippen LogP contribution in [0.5, 0.6) is 5.75 Å². The molecule has 0 fully saturated rings. The van der Waals surface area contributed by atoms with Crippen molar-refractivity contribution in [1.29, 1.82) is 0 Å². The van der Waals surface area contributed by atoms with Crippen LogP contribution in [0.2, 0.25) is 0 Å². The highest BCUT2D eigenvalue weighted by atomic mass is 32.2. The number of sulfonamides is 1. The van der Waals surface area contributed by atoms with Gasteiger partial charge in [-0.3, -0.25) is 13.8 Å². The van der Waals surface area contributed by atoms with Crippen LogP contribution >= 0.6 is 0 Å². The number of carbonyl (C=O) groups is 1. The van der Waals surface area contributed by atoms with E-state index >= 15 is 0 Å². The van der Waals surface area contributed by atoms with E-state index in [1.165, 1.54) is 29.6 Å².